The lowest BCUT2D eigenvalue weighted by molar-refractivity contribution is -0.143. The van der Waals surface area contributed by atoms with Crippen LogP contribution in [0, 0.1) is 0 Å². The topological polar surface area (TPSA) is 63.3 Å². The Bertz CT molecular complexity index is 334. The zero-order chi connectivity index (χ0) is 8.77. The molecule has 4 heteroatoms. The summed E-state index contributed by atoms with van der Waals surface area (Å²) in [7, 11) is 0. The molecule has 2 rings (SSSR count). The van der Waals surface area contributed by atoms with Gasteiger partial charge in [0.1, 0.15) is 5.54 Å². The fraction of sp³-hybridized carbons (Fsp3) is 0.375. The summed E-state index contributed by atoms with van der Waals surface area (Å²) in [6, 6.07) is 1.82. The third-order valence-electron chi connectivity index (χ3n) is 2.35. The number of rotatable bonds is 1. The van der Waals surface area contributed by atoms with Crippen LogP contribution in [-0.2, 0) is 16.8 Å². The monoisotopic (exact) mass is 183 g/mol. The zero-order valence-electron chi connectivity index (χ0n) is 6.41. The first-order valence-electron chi connectivity index (χ1n) is 3.74. The molecule has 0 radical (unpaired) electrons. The molecule has 0 fully saturated rings. The van der Waals surface area contributed by atoms with Gasteiger partial charge in [-0.3, -0.25) is 0 Å². The van der Waals surface area contributed by atoms with Crippen LogP contribution < -0.4 is 5.73 Å². The summed E-state index contributed by atoms with van der Waals surface area (Å²) in [4.78, 5) is 12.0. The van der Waals surface area contributed by atoms with Crippen molar-refractivity contribution in [1.82, 2.24) is 0 Å². The molecular weight excluding hydrogens is 174 g/mol. The number of fused-ring (bicyclic) bond motifs is 1. The van der Waals surface area contributed by atoms with Crippen LogP contribution in [0.4, 0.5) is 0 Å². The highest BCUT2D eigenvalue weighted by atomic mass is 32.1. The summed E-state index contributed by atoms with van der Waals surface area (Å²) >= 11 is 1.59. The Labute approximate surface area is 73.8 Å². The molecule has 0 aliphatic heterocycles. The quantitative estimate of drug-likeness (QED) is 0.680. The van der Waals surface area contributed by atoms with Crippen molar-refractivity contribution >= 4 is 17.3 Å². The number of carboxylic acids is 1. The minimum absolute atomic E-state index is 0.532. The molecule has 0 bridgehead atoms. The van der Waals surface area contributed by atoms with E-state index in [0.29, 0.717) is 6.42 Å². The summed E-state index contributed by atoms with van der Waals surface area (Å²) in [5.41, 5.74) is 5.45. The summed E-state index contributed by atoms with van der Waals surface area (Å²) in [5.74, 6) is -0.917. The number of thiophene rings is 1. The van der Waals surface area contributed by atoms with Crippen molar-refractivity contribution in [2.24, 2.45) is 5.73 Å². The van der Waals surface area contributed by atoms with Crippen LogP contribution in [-0.4, -0.2) is 11.1 Å². The lowest BCUT2D eigenvalue weighted by Gasteiger charge is -2.17. The fourth-order valence-electron chi connectivity index (χ4n) is 1.60. The Kier molecular flexibility index (Phi) is 1.49. The maximum absolute atomic E-state index is 10.9. The number of hydrogen-bond donors (Lipinski definition) is 2. The summed E-state index contributed by atoms with van der Waals surface area (Å²) in [6.45, 7) is 0. The van der Waals surface area contributed by atoms with Gasteiger partial charge in [-0.05, 0) is 29.9 Å². The molecule has 1 aromatic heterocycles. The molecule has 1 aromatic rings. The Hall–Kier alpha value is -0.870. The van der Waals surface area contributed by atoms with Crippen LogP contribution in [0.25, 0.3) is 0 Å². The van der Waals surface area contributed by atoms with Crippen LogP contribution in [0.3, 0.4) is 0 Å². The molecule has 3 nitrogen and oxygen atoms in total. The standard InChI is InChI=1S/C8H9NO2S/c9-8(7(10)11)3-1-6-5(8)2-4-12-6/h2,4H,1,3,9H2,(H,10,11). The highest BCUT2D eigenvalue weighted by molar-refractivity contribution is 7.10. The largest absolute Gasteiger partial charge is 0.480 e. The van der Waals surface area contributed by atoms with Gasteiger partial charge in [0.25, 0.3) is 0 Å². The van der Waals surface area contributed by atoms with Crippen LogP contribution in [0.5, 0.6) is 0 Å². The maximum Gasteiger partial charge on any atom is 0.328 e. The smallest absolute Gasteiger partial charge is 0.328 e. The second-order valence-electron chi connectivity index (χ2n) is 3.03. The van der Waals surface area contributed by atoms with Gasteiger partial charge in [-0.15, -0.1) is 11.3 Å². The van der Waals surface area contributed by atoms with Gasteiger partial charge in [0, 0.05) is 4.88 Å². The van der Waals surface area contributed by atoms with E-state index in [1.165, 1.54) is 0 Å². The zero-order valence-corrected chi connectivity index (χ0v) is 7.23. The average Bonchev–Trinajstić information content (AvgIpc) is 2.54. The van der Waals surface area contributed by atoms with Gasteiger partial charge in [-0.25, -0.2) is 4.79 Å². The molecule has 0 amide bonds. The molecule has 0 spiro atoms. The third-order valence-corrected chi connectivity index (χ3v) is 3.33. The molecule has 1 unspecified atom stereocenters. The average molecular weight is 183 g/mol. The number of aryl methyl sites for hydroxylation is 1. The predicted octanol–water partition coefficient (Wildman–Crippen LogP) is 0.933. The van der Waals surface area contributed by atoms with Crippen molar-refractivity contribution < 1.29 is 9.90 Å². The van der Waals surface area contributed by atoms with Crippen LogP contribution in [0.2, 0.25) is 0 Å². The van der Waals surface area contributed by atoms with Crippen LogP contribution in [0.15, 0.2) is 11.4 Å². The molecule has 64 valence electrons. The van der Waals surface area contributed by atoms with Crippen molar-refractivity contribution in [3.05, 3.63) is 21.9 Å². The lowest BCUT2D eigenvalue weighted by atomic mass is 9.95. The second kappa shape index (κ2) is 2.31. The lowest BCUT2D eigenvalue weighted by Crippen LogP contribution is -2.42. The molecule has 1 heterocycles. The van der Waals surface area contributed by atoms with Crippen molar-refractivity contribution in [3.63, 3.8) is 0 Å². The normalized spacial score (nSPS) is 27.1. The van der Waals surface area contributed by atoms with Gasteiger partial charge in [0.15, 0.2) is 0 Å². The molecule has 0 aromatic carbocycles. The van der Waals surface area contributed by atoms with Crippen LogP contribution >= 0.6 is 11.3 Å². The molecule has 1 atom stereocenters. The van der Waals surface area contributed by atoms with Gasteiger partial charge in [-0.1, -0.05) is 0 Å². The van der Waals surface area contributed by atoms with E-state index in [4.69, 9.17) is 10.8 Å². The van der Waals surface area contributed by atoms with E-state index in [9.17, 15) is 4.79 Å². The number of nitrogens with two attached hydrogens (primary N) is 1. The van der Waals surface area contributed by atoms with E-state index in [2.05, 4.69) is 0 Å². The summed E-state index contributed by atoms with van der Waals surface area (Å²) < 4.78 is 0. The molecule has 0 saturated carbocycles. The van der Waals surface area contributed by atoms with E-state index < -0.39 is 11.5 Å². The maximum atomic E-state index is 10.9. The van der Waals surface area contributed by atoms with E-state index in [1.807, 2.05) is 11.4 Å². The molecule has 12 heavy (non-hydrogen) atoms. The third kappa shape index (κ3) is 0.820. The predicted molar refractivity (Wildman–Crippen MR) is 46.1 cm³/mol. The van der Waals surface area contributed by atoms with E-state index >= 15 is 0 Å². The van der Waals surface area contributed by atoms with Gasteiger partial charge in [0.2, 0.25) is 0 Å². The number of carboxylic acid groups (broad SMARTS) is 1. The van der Waals surface area contributed by atoms with Crippen molar-refractivity contribution in [2.45, 2.75) is 18.4 Å². The Balaban J connectivity index is 2.51. The number of carbonyl (C=O) groups is 1. The Morgan fingerprint density at radius 1 is 1.75 bits per heavy atom. The minimum atomic E-state index is -1.12. The molecule has 0 saturated heterocycles. The second-order valence-corrected chi connectivity index (χ2v) is 4.03. The fourth-order valence-corrected chi connectivity index (χ4v) is 2.56. The van der Waals surface area contributed by atoms with E-state index in [0.717, 1.165) is 16.9 Å². The highest BCUT2D eigenvalue weighted by Crippen LogP contribution is 2.38. The number of hydrogen-bond acceptors (Lipinski definition) is 3. The Morgan fingerprint density at radius 2 is 2.50 bits per heavy atom. The highest BCUT2D eigenvalue weighted by Gasteiger charge is 2.42. The van der Waals surface area contributed by atoms with Gasteiger partial charge < -0.3 is 10.8 Å². The van der Waals surface area contributed by atoms with Crippen molar-refractivity contribution in [3.8, 4) is 0 Å². The molecular formula is C8H9NO2S. The first-order chi connectivity index (χ1) is 5.64. The van der Waals surface area contributed by atoms with Gasteiger partial charge in [0.05, 0.1) is 0 Å². The van der Waals surface area contributed by atoms with Crippen molar-refractivity contribution in [2.75, 3.05) is 0 Å². The van der Waals surface area contributed by atoms with Gasteiger partial charge >= 0.3 is 5.97 Å². The summed E-state index contributed by atoms with van der Waals surface area (Å²) in [6.07, 6.45) is 1.33. The van der Waals surface area contributed by atoms with Gasteiger partial charge in [-0.2, -0.15) is 0 Å². The van der Waals surface area contributed by atoms with E-state index in [-0.39, 0.29) is 0 Å². The first-order valence-corrected chi connectivity index (χ1v) is 4.62. The minimum Gasteiger partial charge on any atom is -0.480 e. The summed E-state index contributed by atoms with van der Waals surface area (Å²) in [5, 5.41) is 10.8. The SMILES string of the molecule is NC1(C(=O)O)CCc2sccc21. The van der Waals surface area contributed by atoms with E-state index in [1.54, 1.807) is 11.3 Å². The molecule has 3 N–H and O–H groups in total. The van der Waals surface area contributed by atoms with Crippen LogP contribution in [0.1, 0.15) is 16.9 Å². The molecule has 1 aliphatic carbocycles. The molecule has 1 aliphatic rings. The van der Waals surface area contributed by atoms with Crippen molar-refractivity contribution in [1.29, 1.82) is 0 Å². The Morgan fingerprint density at radius 3 is 3.17 bits per heavy atom. The first kappa shape index (κ1) is 7.76. The number of aliphatic carboxylic acids is 1.